The lowest BCUT2D eigenvalue weighted by molar-refractivity contribution is 0.426. The molecule has 5 aromatic rings. The molecule has 0 aliphatic rings. The Kier molecular flexibility index (Phi) is 4.25. The molecule has 0 aliphatic carbocycles. The second kappa shape index (κ2) is 6.91. The van der Waals surface area contributed by atoms with E-state index < -0.39 is 7.12 Å². The molecule has 1 heterocycles. The fourth-order valence-electron chi connectivity index (χ4n) is 3.75. The summed E-state index contributed by atoms with van der Waals surface area (Å²) >= 11 is 1.62. The normalized spacial score (nSPS) is 11.2. The number of hydrogen-bond donors (Lipinski definition) is 2. The molecule has 0 bridgehead atoms. The summed E-state index contributed by atoms with van der Waals surface area (Å²) in [4.78, 5) is 0. The van der Waals surface area contributed by atoms with Crippen LogP contribution in [0.25, 0.3) is 42.4 Å². The highest BCUT2D eigenvalue weighted by molar-refractivity contribution is 7.27. The Morgan fingerprint density at radius 2 is 1.14 bits per heavy atom. The number of hydrogen-bond acceptors (Lipinski definition) is 3. The SMILES string of the molecule is OB(O)c1cccc2c1sc1c(-c3ccc(-c4ccccc4)cc3)cccc12. The van der Waals surface area contributed by atoms with E-state index in [9.17, 15) is 10.0 Å². The highest BCUT2D eigenvalue weighted by Crippen LogP contribution is 2.39. The fraction of sp³-hybridized carbons (Fsp3) is 0. The molecule has 0 aliphatic heterocycles. The molecule has 2 N–H and O–H groups in total. The minimum Gasteiger partial charge on any atom is -0.423 e. The highest BCUT2D eigenvalue weighted by atomic mass is 32.1. The summed E-state index contributed by atoms with van der Waals surface area (Å²) < 4.78 is 2.10. The van der Waals surface area contributed by atoms with Crippen LogP contribution in [0, 0.1) is 0 Å². The number of benzene rings is 4. The third-order valence-corrected chi connectivity index (χ3v) is 6.44. The van der Waals surface area contributed by atoms with Gasteiger partial charge in [-0.05, 0) is 33.1 Å². The summed E-state index contributed by atoms with van der Waals surface area (Å²) in [5, 5.41) is 21.7. The molecule has 0 unspecified atom stereocenters. The molecule has 134 valence electrons. The minimum atomic E-state index is -1.47. The smallest absolute Gasteiger partial charge is 0.423 e. The molecule has 1 aromatic heterocycles. The average Bonchev–Trinajstić information content (AvgIpc) is 3.13. The van der Waals surface area contributed by atoms with Crippen LogP contribution >= 0.6 is 11.3 Å². The molecule has 4 heteroatoms. The van der Waals surface area contributed by atoms with E-state index in [2.05, 4.69) is 54.6 Å². The lowest BCUT2D eigenvalue weighted by atomic mass is 9.80. The molecular formula is C24H17BO2S. The molecule has 0 saturated heterocycles. The van der Waals surface area contributed by atoms with Gasteiger partial charge in [0.25, 0.3) is 0 Å². The average molecular weight is 380 g/mol. The lowest BCUT2D eigenvalue weighted by Gasteiger charge is -2.06. The van der Waals surface area contributed by atoms with Crippen molar-refractivity contribution in [1.82, 2.24) is 0 Å². The molecule has 0 radical (unpaired) electrons. The summed E-state index contributed by atoms with van der Waals surface area (Å²) in [6, 6.07) is 31.0. The predicted octanol–water partition coefficient (Wildman–Crippen LogP) is 5.07. The van der Waals surface area contributed by atoms with E-state index in [1.165, 1.54) is 11.1 Å². The zero-order valence-corrected chi connectivity index (χ0v) is 15.9. The first-order valence-electron chi connectivity index (χ1n) is 9.18. The van der Waals surface area contributed by atoms with Crippen molar-refractivity contribution in [3.8, 4) is 22.3 Å². The Hall–Kier alpha value is -2.92. The van der Waals surface area contributed by atoms with Crippen LogP contribution in [0.15, 0.2) is 91.0 Å². The first kappa shape index (κ1) is 17.2. The Morgan fingerprint density at radius 1 is 0.536 bits per heavy atom. The topological polar surface area (TPSA) is 40.5 Å². The second-order valence-corrected chi connectivity index (χ2v) is 7.85. The third kappa shape index (κ3) is 2.83. The van der Waals surface area contributed by atoms with Gasteiger partial charge in [0.1, 0.15) is 0 Å². The molecule has 5 rings (SSSR count). The van der Waals surface area contributed by atoms with Crippen molar-refractivity contribution in [2.75, 3.05) is 0 Å². The Morgan fingerprint density at radius 3 is 1.86 bits per heavy atom. The van der Waals surface area contributed by atoms with Gasteiger partial charge in [-0.2, -0.15) is 0 Å². The van der Waals surface area contributed by atoms with E-state index in [4.69, 9.17) is 0 Å². The predicted molar refractivity (Wildman–Crippen MR) is 120 cm³/mol. The molecule has 0 saturated carbocycles. The van der Waals surface area contributed by atoms with Gasteiger partial charge in [-0.25, -0.2) is 0 Å². The molecule has 0 atom stereocenters. The number of fused-ring (bicyclic) bond motifs is 3. The Bertz CT molecular complexity index is 1280. The minimum absolute atomic E-state index is 0.559. The molecular weight excluding hydrogens is 363 g/mol. The van der Waals surface area contributed by atoms with Crippen LogP contribution in [0.5, 0.6) is 0 Å². The monoisotopic (exact) mass is 380 g/mol. The zero-order valence-electron chi connectivity index (χ0n) is 15.0. The van der Waals surface area contributed by atoms with Crippen molar-refractivity contribution in [2.45, 2.75) is 0 Å². The van der Waals surface area contributed by atoms with E-state index >= 15 is 0 Å². The van der Waals surface area contributed by atoms with Crippen LogP contribution in [-0.4, -0.2) is 17.2 Å². The lowest BCUT2D eigenvalue weighted by Crippen LogP contribution is -2.29. The van der Waals surface area contributed by atoms with Crippen LogP contribution in [0.1, 0.15) is 0 Å². The summed E-state index contributed by atoms with van der Waals surface area (Å²) in [6.45, 7) is 0. The van der Waals surface area contributed by atoms with Crippen molar-refractivity contribution < 1.29 is 10.0 Å². The van der Waals surface area contributed by atoms with Crippen LogP contribution in [0.2, 0.25) is 0 Å². The Labute approximate surface area is 167 Å². The van der Waals surface area contributed by atoms with Crippen molar-refractivity contribution in [2.24, 2.45) is 0 Å². The largest absolute Gasteiger partial charge is 0.489 e. The maximum atomic E-state index is 9.73. The molecule has 4 aromatic carbocycles. The van der Waals surface area contributed by atoms with Crippen molar-refractivity contribution in [1.29, 1.82) is 0 Å². The first-order valence-corrected chi connectivity index (χ1v) is 10.00. The van der Waals surface area contributed by atoms with Gasteiger partial charge in [-0.3, -0.25) is 0 Å². The summed E-state index contributed by atoms with van der Waals surface area (Å²) in [7, 11) is -1.47. The van der Waals surface area contributed by atoms with Crippen LogP contribution in [-0.2, 0) is 0 Å². The summed E-state index contributed by atoms with van der Waals surface area (Å²) in [6.07, 6.45) is 0. The van der Waals surface area contributed by atoms with Crippen molar-refractivity contribution >= 4 is 44.1 Å². The van der Waals surface area contributed by atoms with E-state index in [0.717, 1.165) is 31.3 Å². The van der Waals surface area contributed by atoms with Crippen LogP contribution in [0.4, 0.5) is 0 Å². The van der Waals surface area contributed by atoms with Gasteiger partial charge < -0.3 is 10.0 Å². The van der Waals surface area contributed by atoms with Gasteiger partial charge in [-0.1, -0.05) is 91.0 Å². The van der Waals surface area contributed by atoms with Gasteiger partial charge in [-0.15, -0.1) is 11.3 Å². The maximum absolute atomic E-state index is 9.73. The molecule has 0 fully saturated rings. The molecule has 28 heavy (non-hydrogen) atoms. The van der Waals surface area contributed by atoms with Gasteiger partial charge in [0, 0.05) is 14.8 Å². The van der Waals surface area contributed by atoms with Crippen molar-refractivity contribution in [3.05, 3.63) is 91.0 Å². The van der Waals surface area contributed by atoms with E-state index in [0.29, 0.717) is 5.46 Å². The Balaban J connectivity index is 1.67. The number of thiophene rings is 1. The maximum Gasteiger partial charge on any atom is 0.489 e. The van der Waals surface area contributed by atoms with Gasteiger partial charge in [0.05, 0.1) is 0 Å². The quantitative estimate of drug-likeness (QED) is 0.429. The first-order chi connectivity index (χ1) is 13.7. The molecule has 0 amide bonds. The van der Waals surface area contributed by atoms with E-state index in [1.807, 2.05) is 30.3 Å². The highest BCUT2D eigenvalue weighted by Gasteiger charge is 2.18. The fourth-order valence-corrected chi connectivity index (χ4v) is 5.11. The zero-order chi connectivity index (χ0) is 19.1. The van der Waals surface area contributed by atoms with Gasteiger partial charge >= 0.3 is 7.12 Å². The standard InChI is InChI=1S/C24H17BO2S/c26-25(27)22-11-5-10-21-20-9-4-8-19(23(20)28-24(21)22)18-14-12-17(13-15-18)16-6-2-1-3-7-16/h1-15,26-27H. The van der Waals surface area contributed by atoms with Gasteiger partial charge in [0.2, 0.25) is 0 Å². The molecule has 0 spiro atoms. The second-order valence-electron chi connectivity index (χ2n) is 6.83. The summed E-state index contributed by atoms with van der Waals surface area (Å²) in [5.41, 5.74) is 5.28. The van der Waals surface area contributed by atoms with Crippen LogP contribution < -0.4 is 5.46 Å². The van der Waals surface area contributed by atoms with E-state index in [-0.39, 0.29) is 0 Å². The third-order valence-electron chi connectivity index (χ3n) is 5.14. The van der Waals surface area contributed by atoms with Crippen LogP contribution in [0.3, 0.4) is 0 Å². The number of rotatable bonds is 3. The summed E-state index contributed by atoms with van der Waals surface area (Å²) in [5.74, 6) is 0. The van der Waals surface area contributed by atoms with Gasteiger partial charge in [0.15, 0.2) is 0 Å². The van der Waals surface area contributed by atoms with E-state index in [1.54, 1.807) is 17.4 Å². The van der Waals surface area contributed by atoms with Crippen molar-refractivity contribution in [3.63, 3.8) is 0 Å². The molecule has 2 nitrogen and oxygen atoms in total.